The van der Waals surface area contributed by atoms with E-state index in [0.717, 1.165) is 18.2 Å². The summed E-state index contributed by atoms with van der Waals surface area (Å²) in [5, 5.41) is 13.5. The van der Waals surface area contributed by atoms with Crippen molar-refractivity contribution in [2.45, 2.75) is 6.92 Å². The fourth-order valence-electron chi connectivity index (χ4n) is 3.59. The van der Waals surface area contributed by atoms with Crippen molar-refractivity contribution in [3.8, 4) is 22.4 Å². The first-order valence-electron chi connectivity index (χ1n) is 10.6. The molecule has 4 aromatic rings. The molecule has 0 fully saturated rings. The van der Waals surface area contributed by atoms with Gasteiger partial charge in [0.2, 0.25) is 0 Å². The van der Waals surface area contributed by atoms with Gasteiger partial charge >= 0.3 is 6.09 Å². The van der Waals surface area contributed by atoms with Gasteiger partial charge in [0.05, 0.1) is 0 Å². The molecular weight excluding hydrogens is 472 g/mol. The maximum atomic E-state index is 14.1. The lowest BCUT2D eigenvalue weighted by atomic mass is 9.98. The molecule has 0 saturated carbocycles. The second kappa shape index (κ2) is 10.1. The van der Waals surface area contributed by atoms with Gasteiger partial charge in [-0.1, -0.05) is 30.3 Å². The van der Waals surface area contributed by atoms with Crippen molar-refractivity contribution >= 4 is 17.9 Å². The third-order valence-electron chi connectivity index (χ3n) is 5.21. The van der Waals surface area contributed by atoms with Crippen molar-refractivity contribution in [2.75, 3.05) is 5.43 Å². The van der Waals surface area contributed by atoms with Gasteiger partial charge in [0, 0.05) is 16.7 Å². The minimum absolute atomic E-state index is 0.0532. The van der Waals surface area contributed by atoms with Gasteiger partial charge in [-0.3, -0.25) is 20.4 Å². The van der Waals surface area contributed by atoms with Gasteiger partial charge in [0.25, 0.3) is 11.8 Å². The number of amides is 3. The number of nitrogens with zero attached hydrogens (tertiary/aromatic N) is 2. The average molecular weight is 491 g/mol. The van der Waals surface area contributed by atoms with Crippen LogP contribution in [-0.4, -0.2) is 32.9 Å². The first-order chi connectivity index (χ1) is 17.2. The Balaban J connectivity index is 1.81. The Hall–Kier alpha value is -5.06. The van der Waals surface area contributed by atoms with Gasteiger partial charge in [-0.2, -0.15) is 9.89 Å². The number of carbonyl (C=O) groups excluding carboxylic acids is 2. The maximum Gasteiger partial charge on any atom is 0.425 e. The van der Waals surface area contributed by atoms with Crippen molar-refractivity contribution in [1.82, 2.24) is 20.7 Å². The van der Waals surface area contributed by atoms with Crippen LogP contribution in [0.1, 0.15) is 26.4 Å². The van der Waals surface area contributed by atoms with E-state index in [0.29, 0.717) is 21.5 Å². The quantitative estimate of drug-likeness (QED) is 0.313. The standard InChI is InChI=1S/C25H19F2N5O4/c1-14-5-2-3-8-19(14)23(33)28-29-24(34)22-20(16-6-4-7-18(27)13-16)21(30-32(22)31-25(35)36)15-9-11-17(26)12-10-15/h2-13,31H,1H3,(H,28,33)(H,29,34)(H,35,36). The molecular formula is C25H19F2N5O4. The van der Waals surface area contributed by atoms with Crippen LogP contribution in [0.5, 0.6) is 0 Å². The van der Waals surface area contributed by atoms with E-state index in [1.54, 1.807) is 31.2 Å². The molecule has 0 bridgehead atoms. The number of benzene rings is 3. The molecule has 1 heterocycles. The predicted octanol–water partition coefficient (Wildman–Crippen LogP) is 4.10. The molecule has 9 nitrogen and oxygen atoms in total. The summed E-state index contributed by atoms with van der Waals surface area (Å²) < 4.78 is 27.7. The monoisotopic (exact) mass is 491 g/mol. The van der Waals surface area contributed by atoms with E-state index >= 15 is 0 Å². The molecule has 182 valence electrons. The van der Waals surface area contributed by atoms with Crippen LogP contribution in [0.2, 0.25) is 0 Å². The van der Waals surface area contributed by atoms with Crippen LogP contribution >= 0.6 is 0 Å². The molecule has 0 atom stereocenters. The molecule has 4 N–H and O–H groups in total. The fraction of sp³-hybridized carbons (Fsp3) is 0.0400. The van der Waals surface area contributed by atoms with Crippen molar-refractivity contribution in [3.63, 3.8) is 0 Å². The van der Waals surface area contributed by atoms with Gasteiger partial charge in [-0.25, -0.2) is 19.0 Å². The van der Waals surface area contributed by atoms with E-state index in [4.69, 9.17) is 0 Å². The van der Waals surface area contributed by atoms with Gasteiger partial charge in [0.15, 0.2) is 5.69 Å². The van der Waals surface area contributed by atoms with Crippen LogP contribution in [0.4, 0.5) is 13.6 Å². The van der Waals surface area contributed by atoms with Crippen molar-refractivity contribution < 1.29 is 28.3 Å². The molecule has 0 saturated heterocycles. The van der Waals surface area contributed by atoms with Crippen LogP contribution < -0.4 is 16.3 Å². The molecule has 1 aromatic heterocycles. The summed E-state index contributed by atoms with van der Waals surface area (Å²) in [6.45, 7) is 1.72. The lowest BCUT2D eigenvalue weighted by Gasteiger charge is -2.12. The van der Waals surface area contributed by atoms with Gasteiger partial charge in [0.1, 0.15) is 17.3 Å². The van der Waals surface area contributed by atoms with Gasteiger partial charge in [-0.05, 0) is 60.5 Å². The minimum Gasteiger partial charge on any atom is -0.464 e. The zero-order valence-corrected chi connectivity index (χ0v) is 18.8. The van der Waals surface area contributed by atoms with Crippen LogP contribution in [0, 0.1) is 18.6 Å². The van der Waals surface area contributed by atoms with E-state index < -0.39 is 29.5 Å². The normalized spacial score (nSPS) is 10.5. The number of hydrazine groups is 1. The smallest absolute Gasteiger partial charge is 0.425 e. The first kappa shape index (κ1) is 24.1. The van der Waals surface area contributed by atoms with Crippen molar-refractivity contribution in [3.05, 3.63) is 101 Å². The molecule has 11 heteroatoms. The fourth-order valence-corrected chi connectivity index (χ4v) is 3.59. The Labute approximate surface area is 203 Å². The van der Waals surface area contributed by atoms with Crippen LogP contribution in [-0.2, 0) is 0 Å². The lowest BCUT2D eigenvalue weighted by Crippen LogP contribution is -2.43. The number of nitrogens with one attached hydrogen (secondary N) is 3. The molecule has 36 heavy (non-hydrogen) atoms. The number of aromatic nitrogens is 2. The van der Waals surface area contributed by atoms with E-state index in [2.05, 4.69) is 16.0 Å². The minimum atomic E-state index is -1.54. The largest absolute Gasteiger partial charge is 0.464 e. The zero-order valence-electron chi connectivity index (χ0n) is 18.8. The highest BCUT2D eigenvalue weighted by Gasteiger charge is 2.27. The average Bonchev–Trinajstić information content (AvgIpc) is 3.21. The predicted molar refractivity (Wildman–Crippen MR) is 127 cm³/mol. The third-order valence-corrected chi connectivity index (χ3v) is 5.21. The van der Waals surface area contributed by atoms with Gasteiger partial charge in [-0.15, -0.1) is 0 Å². The molecule has 3 amide bonds. The molecule has 0 radical (unpaired) electrons. The zero-order chi connectivity index (χ0) is 25.8. The lowest BCUT2D eigenvalue weighted by molar-refractivity contribution is 0.0841. The number of halogens is 2. The van der Waals surface area contributed by atoms with Crippen LogP contribution in [0.15, 0.2) is 72.8 Å². The Kier molecular flexibility index (Phi) is 6.72. The SMILES string of the molecule is Cc1ccccc1C(=O)NNC(=O)c1c(-c2cccc(F)c2)c(-c2ccc(F)cc2)nn1NC(=O)O. The van der Waals surface area contributed by atoms with Crippen LogP contribution in [0.25, 0.3) is 22.4 Å². The Morgan fingerprint density at radius 1 is 0.833 bits per heavy atom. The Bertz CT molecular complexity index is 1470. The third kappa shape index (κ3) is 5.04. The Morgan fingerprint density at radius 3 is 2.19 bits per heavy atom. The highest BCUT2D eigenvalue weighted by atomic mass is 19.1. The summed E-state index contributed by atoms with van der Waals surface area (Å²) in [6, 6.07) is 17.0. The van der Waals surface area contributed by atoms with Gasteiger partial charge < -0.3 is 5.11 Å². The summed E-state index contributed by atoms with van der Waals surface area (Å²) in [7, 11) is 0. The number of carboxylic acid groups (broad SMARTS) is 1. The summed E-state index contributed by atoms with van der Waals surface area (Å²) in [6.07, 6.45) is -1.54. The molecule has 0 aliphatic heterocycles. The van der Waals surface area contributed by atoms with E-state index in [1.165, 1.54) is 30.3 Å². The summed E-state index contributed by atoms with van der Waals surface area (Å²) >= 11 is 0. The second-order valence-corrected chi connectivity index (χ2v) is 7.64. The molecule has 0 unspecified atom stereocenters. The maximum absolute atomic E-state index is 14.1. The topological polar surface area (TPSA) is 125 Å². The van der Waals surface area contributed by atoms with E-state index in [-0.39, 0.29) is 22.5 Å². The second-order valence-electron chi connectivity index (χ2n) is 7.64. The first-order valence-corrected chi connectivity index (χ1v) is 10.6. The number of carbonyl (C=O) groups is 3. The van der Waals surface area contributed by atoms with E-state index in [9.17, 15) is 28.3 Å². The number of hydrogen-bond donors (Lipinski definition) is 4. The Morgan fingerprint density at radius 2 is 1.53 bits per heavy atom. The van der Waals surface area contributed by atoms with Crippen molar-refractivity contribution in [1.29, 1.82) is 0 Å². The number of rotatable bonds is 5. The summed E-state index contributed by atoms with van der Waals surface area (Å²) in [5.74, 6) is -2.68. The number of aryl methyl sites for hydroxylation is 1. The molecule has 0 aliphatic rings. The molecule has 3 aromatic carbocycles. The molecule has 0 aliphatic carbocycles. The molecule has 4 rings (SSSR count). The summed E-state index contributed by atoms with van der Waals surface area (Å²) in [4.78, 5) is 38.0. The molecule has 0 spiro atoms. The number of hydrogen-bond acceptors (Lipinski definition) is 4. The highest BCUT2D eigenvalue weighted by molar-refractivity contribution is 6.05. The van der Waals surface area contributed by atoms with E-state index in [1.807, 2.05) is 5.43 Å². The van der Waals surface area contributed by atoms with Crippen molar-refractivity contribution in [2.24, 2.45) is 0 Å². The summed E-state index contributed by atoms with van der Waals surface area (Å²) in [5.41, 5.74) is 7.82. The van der Waals surface area contributed by atoms with Crippen LogP contribution in [0.3, 0.4) is 0 Å². The highest BCUT2D eigenvalue weighted by Crippen LogP contribution is 2.35.